The molecule has 0 bridgehead atoms. The molecule has 2 heterocycles. The number of rotatable bonds is 26. The molecular formula is C45H61N5O2. The summed E-state index contributed by atoms with van der Waals surface area (Å²) in [4.78, 5) is 16.4. The lowest BCUT2D eigenvalue weighted by atomic mass is 9.65. The number of benzene rings is 3. The van der Waals surface area contributed by atoms with Crippen LogP contribution in [0.15, 0.2) is 97.3 Å². The molecule has 5 rings (SSSR count). The first-order valence-electron chi connectivity index (χ1n) is 20.1. The van der Waals surface area contributed by atoms with Gasteiger partial charge in [-0.3, -0.25) is 0 Å². The van der Waals surface area contributed by atoms with Crippen molar-refractivity contribution in [3.63, 3.8) is 0 Å². The second-order valence-corrected chi connectivity index (χ2v) is 14.2. The first-order valence-corrected chi connectivity index (χ1v) is 20.1. The molecule has 0 fully saturated rings. The lowest BCUT2D eigenvalue weighted by Gasteiger charge is -2.42. The summed E-state index contributed by atoms with van der Waals surface area (Å²) in [5, 5.41) is 0. The Morgan fingerprint density at radius 3 is 1.54 bits per heavy atom. The Balaban J connectivity index is 1.19. The van der Waals surface area contributed by atoms with Gasteiger partial charge in [-0.1, -0.05) is 194 Å². The Bertz CT molecular complexity index is 1560. The molecule has 3 N–H and O–H groups in total. The van der Waals surface area contributed by atoms with Crippen LogP contribution in [0.1, 0.15) is 133 Å². The van der Waals surface area contributed by atoms with E-state index >= 15 is 0 Å². The highest BCUT2D eigenvalue weighted by molar-refractivity contribution is 5.76. The highest BCUT2D eigenvalue weighted by Gasteiger charge is 2.45. The number of imidazole rings is 1. The van der Waals surface area contributed by atoms with Gasteiger partial charge < -0.3 is 20.2 Å². The second-order valence-electron chi connectivity index (χ2n) is 14.2. The van der Waals surface area contributed by atoms with E-state index in [1.807, 2.05) is 0 Å². The minimum Gasteiger partial charge on any atom is -0.471 e. The average Bonchev–Trinajstić information content (AvgIpc) is 3.66. The Hall–Kier alpha value is -4.23. The number of ether oxygens (including phenoxy) is 2. The van der Waals surface area contributed by atoms with Crippen LogP contribution in [0.4, 0.5) is 5.95 Å². The predicted molar refractivity (Wildman–Crippen MR) is 215 cm³/mol. The van der Waals surface area contributed by atoms with Crippen LogP contribution in [-0.4, -0.2) is 39.3 Å². The van der Waals surface area contributed by atoms with Crippen molar-refractivity contribution in [2.45, 2.75) is 128 Å². The number of hydrogen-bond donors (Lipinski definition) is 2. The molecule has 0 radical (unpaired) electrons. The van der Waals surface area contributed by atoms with Crippen LogP contribution in [0.2, 0.25) is 0 Å². The quantitative estimate of drug-likeness (QED) is 0.0439. The smallest absolute Gasteiger partial charge is 0.245 e. The number of H-pyrrole nitrogens is 1. The fourth-order valence-corrected chi connectivity index (χ4v) is 7.61. The molecule has 278 valence electrons. The molecular weight excluding hydrogens is 643 g/mol. The predicted octanol–water partition coefficient (Wildman–Crippen LogP) is 11.4. The first kappa shape index (κ1) is 39.0. The molecule has 7 nitrogen and oxygen atoms in total. The van der Waals surface area contributed by atoms with Crippen molar-refractivity contribution in [2.75, 3.05) is 18.9 Å². The average molecular weight is 704 g/mol. The van der Waals surface area contributed by atoms with Gasteiger partial charge in [0.2, 0.25) is 11.8 Å². The zero-order valence-corrected chi connectivity index (χ0v) is 31.5. The Kier molecular flexibility index (Phi) is 16.5. The van der Waals surface area contributed by atoms with Gasteiger partial charge in [0.05, 0.1) is 18.3 Å². The number of anilines is 1. The molecule has 0 spiro atoms. The molecule has 3 aromatic carbocycles. The van der Waals surface area contributed by atoms with Crippen molar-refractivity contribution in [2.24, 2.45) is 0 Å². The monoisotopic (exact) mass is 703 g/mol. The van der Waals surface area contributed by atoms with Crippen molar-refractivity contribution < 1.29 is 9.47 Å². The van der Waals surface area contributed by atoms with E-state index < -0.39 is 11.5 Å². The summed E-state index contributed by atoms with van der Waals surface area (Å²) in [6.07, 6.45) is 23.5. The van der Waals surface area contributed by atoms with E-state index in [9.17, 15) is 0 Å². The highest BCUT2D eigenvalue weighted by atomic mass is 16.5. The molecule has 2 aromatic heterocycles. The Morgan fingerprint density at radius 1 is 0.596 bits per heavy atom. The van der Waals surface area contributed by atoms with Crippen LogP contribution in [0.3, 0.4) is 0 Å². The van der Waals surface area contributed by atoms with Crippen LogP contribution < -0.4 is 10.5 Å². The van der Waals surface area contributed by atoms with Gasteiger partial charge in [0, 0.05) is 13.0 Å². The largest absolute Gasteiger partial charge is 0.471 e. The molecule has 1 atom stereocenters. The molecule has 5 aromatic rings. The van der Waals surface area contributed by atoms with Gasteiger partial charge >= 0.3 is 0 Å². The lowest BCUT2D eigenvalue weighted by molar-refractivity contribution is 0.0681. The van der Waals surface area contributed by atoms with Gasteiger partial charge in [-0.15, -0.1) is 0 Å². The molecule has 0 amide bonds. The summed E-state index contributed by atoms with van der Waals surface area (Å²) in [5.74, 6) is 0.507. The number of nitrogen functional groups attached to an aromatic ring is 1. The number of aromatic amines is 1. The number of hydrogen-bond acceptors (Lipinski definition) is 6. The number of aromatic nitrogens is 4. The summed E-state index contributed by atoms with van der Waals surface area (Å²) in [6, 6.07) is 31.9. The summed E-state index contributed by atoms with van der Waals surface area (Å²) >= 11 is 0. The fourth-order valence-electron chi connectivity index (χ4n) is 7.61. The van der Waals surface area contributed by atoms with Gasteiger partial charge in [0.1, 0.15) is 11.6 Å². The third-order valence-electron chi connectivity index (χ3n) is 10.4. The van der Waals surface area contributed by atoms with Gasteiger partial charge in [0.25, 0.3) is 0 Å². The molecule has 0 saturated carbocycles. The van der Waals surface area contributed by atoms with Crippen molar-refractivity contribution in [1.29, 1.82) is 0 Å². The SMILES string of the molecule is CCCCCCCCCCCCCCCCCCOCCC(Oc1nc(N)nc2nc[nH]c12)C(c1ccccc1)(c1ccccc1)c1ccccc1. The summed E-state index contributed by atoms with van der Waals surface area (Å²) in [5.41, 5.74) is 9.95. The van der Waals surface area contributed by atoms with Crippen molar-refractivity contribution >= 4 is 17.1 Å². The van der Waals surface area contributed by atoms with E-state index in [0.717, 1.165) is 29.7 Å². The minimum absolute atomic E-state index is 0.123. The van der Waals surface area contributed by atoms with E-state index in [-0.39, 0.29) is 5.95 Å². The van der Waals surface area contributed by atoms with E-state index in [1.54, 1.807) is 6.33 Å². The molecule has 0 aliphatic heterocycles. The Morgan fingerprint density at radius 2 is 1.06 bits per heavy atom. The lowest BCUT2D eigenvalue weighted by Crippen LogP contribution is -2.46. The van der Waals surface area contributed by atoms with Crippen molar-refractivity contribution in [3.8, 4) is 5.88 Å². The van der Waals surface area contributed by atoms with Crippen molar-refractivity contribution in [3.05, 3.63) is 114 Å². The maximum Gasteiger partial charge on any atom is 0.245 e. The third kappa shape index (κ3) is 11.1. The number of nitrogens with two attached hydrogens (primary N) is 1. The highest BCUT2D eigenvalue weighted by Crippen LogP contribution is 2.45. The maximum atomic E-state index is 7.05. The van der Waals surface area contributed by atoms with Crippen LogP contribution in [-0.2, 0) is 10.2 Å². The number of fused-ring (bicyclic) bond motifs is 1. The fraction of sp³-hybridized carbons (Fsp3) is 0.489. The topological polar surface area (TPSA) is 98.9 Å². The molecule has 52 heavy (non-hydrogen) atoms. The first-order chi connectivity index (χ1) is 25.7. The Labute approximate surface area is 312 Å². The summed E-state index contributed by atoms with van der Waals surface area (Å²) < 4.78 is 13.4. The molecule has 1 unspecified atom stereocenters. The minimum atomic E-state index is -0.687. The van der Waals surface area contributed by atoms with E-state index in [2.05, 4.69) is 118 Å². The number of nitrogens with one attached hydrogen (secondary N) is 1. The van der Waals surface area contributed by atoms with Crippen LogP contribution in [0.25, 0.3) is 11.2 Å². The summed E-state index contributed by atoms with van der Waals surface area (Å²) in [7, 11) is 0. The molecule has 0 saturated heterocycles. The zero-order chi connectivity index (χ0) is 36.1. The van der Waals surface area contributed by atoms with Gasteiger partial charge in [-0.05, 0) is 23.1 Å². The van der Waals surface area contributed by atoms with Gasteiger partial charge in [-0.25, -0.2) is 4.98 Å². The normalized spacial score (nSPS) is 12.3. The van der Waals surface area contributed by atoms with Gasteiger partial charge in [-0.2, -0.15) is 9.97 Å². The summed E-state index contributed by atoms with van der Waals surface area (Å²) in [6.45, 7) is 3.58. The van der Waals surface area contributed by atoms with Gasteiger partial charge in [0.15, 0.2) is 5.65 Å². The molecule has 0 aliphatic carbocycles. The van der Waals surface area contributed by atoms with Crippen molar-refractivity contribution in [1.82, 2.24) is 19.9 Å². The van der Waals surface area contributed by atoms with Crippen LogP contribution in [0, 0.1) is 0 Å². The number of nitrogens with zero attached hydrogens (tertiary/aromatic N) is 3. The van der Waals surface area contributed by atoms with E-state index in [1.165, 1.54) is 96.3 Å². The maximum absolute atomic E-state index is 7.05. The van der Waals surface area contributed by atoms with Crippen LogP contribution >= 0.6 is 0 Å². The van der Waals surface area contributed by atoms with E-state index in [4.69, 9.17) is 15.2 Å². The van der Waals surface area contributed by atoms with E-state index in [0.29, 0.717) is 30.1 Å². The number of unbranched alkanes of at least 4 members (excludes halogenated alkanes) is 15. The standard InChI is InChI=1S/C45H61N5O2/c1-2-3-4-5-6-7-8-9-10-11-12-13-14-15-16-26-34-51-35-33-40(52-43-41-42(48-36-47-41)49-44(46)50-43)45(37-27-20-17-21-28-37,38-29-22-18-23-30-38)39-31-24-19-25-32-39/h17-25,27-32,36,40H,2-16,26,33-35H2,1H3,(H3,46,47,48,49,50). The van der Waals surface area contributed by atoms with Crippen LogP contribution in [0.5, 0.6) is 5.88 Å². The zero-order valence-electron chi connectivity index (χ0n) is 31.5. The third-order valence-corrected chi connectivity index (χ3v) is 10.4. The molecule has 7 heteroatoms. The molecule has 0 aliphatic rings. The second kappa shape index (κ2) is 22.0.